The fourth-order valence-corrected chi connectivity index (χ4v) is 4.31. The zero-order valence-electron chi connectivity index (χ0n) is 19.4. The molecule has 0 radical (unpaired) electrons. The molecule has 0 amide bonds. The van der Waals surface area contributed by atoms with Gasteiger partial charge in [-0.1, -0.05) is 0 Å². The van der Waals surface area contributed by atoms with Crippen molar-refractivity contribution in [3.63, 3.8) is 0 Å². The number of hydrogen-bond acceptors (Lipinski definition) is 8. The second-order valence-corrected chi connectivity index (χ2v) is 8.22. The largest absolute Gasteiger partial charge is 0.497 e. The molecule has 9 nitrogen and oxygen atoms in total. The molecule has 2 aromatic carbocycles. The van der Waals surface area contributed by atoms with E-state index in [0.29, 0.717) is 40.5 Å². The molecule has 2 N–H and O–H groups in total. The number of piperidine rings is 1. The van der Waals surface area contributed by atoms with Gasteiger partial charge in [0.1, 0.15) is 11.5 Å². The van der Waals surface area contributed by atoms with Crippen LogP contribution >= 0.6 is 0 Å². The lowest BCUT2D eigenvalue weighted by Crippen LogP contribution is -2.29. The first-order chi connectivity index (χ1) is 16.6. The maximum Gasteiger partial charge on any atom is 0.226 e. The predicted octanol–water partition coefficient (Wildman–Crippen LogP) is 3.52. The van der Waals surface area contributed by atoms with Crippen LogP contribution < -0.4 is 24.8 Å². The van der Waals surface area contributed by atoms with Gasteiger partial charge in [-0.2, -0.15) is 4.52 Å². The van der Waals surface area contributed by atoms with E-state index >= 15 is 0 Å². The third kappa shape index (κ3) is 4.05. The molecule has 10 heteroatoms. The van der Waals surface area contributed by atoms with Crippen molar-refractivity contribution >= 4 is 22.5 Å². The Balaban J connectivity index is 1.59. The summed E-state index contributed by atoms with van der Waals surface area (Å²) in [5.74, 6) is 2.48. The molecule has 0 saturated carbocycles. The molecular weight excluding hydrogens is 439 g/mol. The van der Waals surface area contributed by atoms with E-state index in [1.165, 1.54) is 13.2 Å². The van der Waals surface area contributed by atoms with Crippen LogP contribution in [0.25, 0.3) is 16.6 Å². The molecular formula is C24H27FN6O3. The number of hydrogen-bond donors (Lipinski definition) is 2. The molecule has 0 unspecified atom stereocenters. The monoisotopic (exact) mass is 466 g/mol. The molecule has 1 fully saturated rings. The summed E-state index contributed by atoms with van der Waals surface area (Å²) >= 11 is 0. The predicted molar refractivity (Wildman–Crippen MR) is 127 cm³/mol. The van der Waals surface area contributed by atoms with Crippen molar-refractivity contribution in [3.8, 4) is 17.2 Å². The van der Waals surface area contributed by atoms with Gasteiger partial charge in [-0.25, -0.2) is 14.4 Å². The fraction of sp³-hybridized carbons (Fsp3) is 0.375. The smallest absolute Gasteiger partial charge is 0.226 e. The van der Waals surface area contributed by atoms with Crippen LogP contribution in [-0.2, 0) is 6.54 Å². The van der Waals surface area contributed by atoms with Crippen molar-refractivity contribution in [2.45, 2.75) is 25.3 Å². The topological polar surface area (TPSA) is 94.8 Å². The molecule has 1 aliphatic rings. The average Bonchev–Trinajstić information content (AvgIpc) is 3.33. The van der Waals surface area contributed by atoms with Gasteiger partial charge in [-0.3, -0.25) is 0 Å². The lowest BCUT2D eigenvalue weighted by Gasteiger charge is -2.19. The minimum Gasteiger partial charge on any atom is -0.497 e. The van der Waals surface area contributed by atoms with Gasteiger partial charge in [0.25, 0.3) is 0 Å². The highest BCUT2D eigenvalue weighted by molar-refractivity contribution is 5.93. The van der Waals surface area contributed by atoms with Crippen LogP contribution in [0, 0.1) is 5.82 Å². The number of methoxy groups -OCH3 is 3. The first-order valence-electron chi connectivity index (χ1n) is 11.2. The molecule has 0 bridgehead atoms. The zero-order valence-corrected chi connectivity index (χ0v) is 19.4. The van der Waals surface area contributed by atoms with E-state index in [1.807, 2.05) is 18.2 Å². The normalized spacial score (nSPS) is 16.1. The molecule has 0 spiro atoms. The third-order valence-corrected chi connectivity index (χ3v) is 6.15. The van der Waals surface area contributed by atoms with Gasteiger partial charge >= 0.3 is 0 Å². The Hall–Kier alpha value is -3.66. The van der Waals surface area contributed by atoms with Gasteiger partial charge < -0.3 is 24.8 Å². The number of ether oxygens (including phenoxy) is 3. The van der Waals surface area contributed by atoms with Gasteiger partial charge in [-0.15, -0.1) is 5.10 Å². The van der Waals surface area contributed by atoms with E-state index in [2.05, 4.69) is 10.6 Å². The van der Waals surface area contributed by atoms with Crippen molar-refractivity contribution < 1.29 is 18.6 Å². The second-order valence-electron chi connectivity index (χ2n) is 8.22. The SMILES string of the molecule is COc1ccc(CNc2nc3cc(OC)c(F)cc3c3nc([C@@H]4CCCNC4)nn23)c(OC)c1. The summed E-state index contributed by atoms with van der Waals surface area (Å²) in [5.41, 5.74) is 2.04. The third-order valence-electron chi connectivity index (χ3n) is 6.15. The number of aromatic nitrogens is 4. The molecule has 5 rings (SSSR count). The van der Waals surface area contributed by atoms with Crippen LogP contribution in [0.1, 0.15) is 30.1 Å². The highest BCUT2D eigenvalue weighted by Crippen LogP contribution is 2.30. The van der Waals surface area contributed by atoms with Crippen molar-refractivity contribution in [1.82, 2.24) is 24.9 Å². The van der Waals surface area contributed by atoms with Gasteiger partial charge in [0, 0.05) is 42.1 Å². The summed E-state index contributed by atoms with van der Waals surface area (Å²) in [6.45, 7) is 2.24. The molecule has 2 aromatic heterocycles. The molecule has 1 aliphatic heterocycles. The number of nitrogens with one attached hydrogen (secondary N) is 2. The first-order valence-corrected chi connectivity index (χ1v) is 11.2. The molecule has 34 heavy (non-hydrogen) atoms. The first kappa shape index (κ1) is 22.1. The Labute approximate surface area is 196 Å². The summed E-state index contributed by atoms with van der Waals surface area (Å²) in [7, 11) is 4.67. The van der Waals surface area contributed by atoms with Crippen LogP contribution in [0.3, 0.4) is 0 Å². The number of rotatable bonds is 7. The Kier molecular flexibility index (Phi) is 6.06. The quantitative estimate of drug-likeness (QED) is 0.427. The lowest BCUT2D eigenvalue weighted by atomic mass is 9.99. The Bertz CT molecular complexity index is 1340. The van der Waals surface area contributed by atoms with E-state index in [-0.39, 0.29) is 11.7 Å². The highest BCUT2D eigenvalue weighted by atomic mass is 19.1. The van der Waals surface area contributed by atoms with Crippen LogP contribution in [0.4, 0.5) is 10.3 Å². The molecule has 0 aliphatic carbocycles. The van der Waals surface area contributed by atoms with Gasteiger partial charge in [0.2, 0.25) is 5.95 Å². The minimum atomic E-state index is -0.466. The average molecular weight is 467 g/mol. The van der Waals surface area contributed by atoms with E-state index < -0.39 is 5.82 Å². The van der Waals surface area contributed by atoms with Crippen LogP contribution in [-0.4, -0.2) is 54.0 Å². The summed E-state index contributed by atoms with van der Waals surface area (Å²) in [5, 5.41) is 12.1. The fourth-order valence-electron chi connectivity index (χ4n) is 4.31. The standard InChI is InChI=1S/C24H27FN6O3/c1-32-16-7-6-14(20(9-16)33-2)13-27-24-28-19-11-21(34-3)18(25)10-17(19)23-29-22(30-31(23)24)15-5-4-8-26-12-15/h6-7,9-11,15,26H,4-5,8,12-13H2,1-3H3,(H,27,28)/t15-/m1/s1. The molecule has 3 heterocycles. The van der Waals surface area contributed by atoms with E-state index in [9.17, 15) is 4.39 Å². The van der Waals surface area contributed by atoms with Crippen LogP contribution in [0.2, 0.25) is 0 Å². The summed E-state index contributed by atoms with van der Waals surface area (Å²) in [4.78, 5) is 9.55. The van der Waals surface area contributed by atoms with Gasteiger partial charge in [0.05, 0.1) is 26.8 Å². The van der Waals surface area contributed by atoms with E-state index in [4.69, 9.17) is 29.3 Å². The highest BCUT2D eigenvalue weighted by Gasteiger charge is 2.23. The summed E-state index contributed by atoms with van der Waals surface area (Å²) in [6, 6.07) is 8.63. The number of halogens is 1. The van der Waals surface area contributed by atoms with Gasteiger partial charge in [0.15, 0.2) is 23.0 Å². The van der Waals surface area contributed by atoms with Crippen molar-refractivity contribution in [2.24, 2.45) is 0 Å². The summed E-state index contributed by atoms with van der Waals surface area (Å²) < 4.78 is 32.2. The number of fused-ring (bicyclic) bond motifs is 3. The van der Waals surface area contributed by atoms with Crippen molar-refractivity contribution in [2.75, 3.05) is 39.7 Å². The Morgan fingerprint density at radius 3 is 2.68 bits per heavy atom. The second kappa shape index (κ2) is 9.30. The zero-order chi connectivity index (χ0) is 23.7. The van der Waals surface area contributed by atoms with Crippen molar-refractivity contribution in [3.05, 3.63) is 47.5 Å². The van der Waals surface area contributed by atoms with Crippen molar-refractivity contribution in [1.29, 1.82) is 0 Å². The van der Waals surface area contributed by atoms with E-state index in [0.717, 1.165) is 37.3 Å². The van der Waals surface area contributed by atoms with E-state index in [1.54, 1.807) is 24.8 Å². The Morgan fingerprint density at radius 1 is 1.09 bits per heavy atom. The maximum absolute atomic E-state index is 14.6. The lowest BCUT2D eigenvalue weighted by molar-refractivity contribution is 0.387. The number of anilines is 1. The molecule has 1 saturated heterocycles. The minimum absolute atomic E-state index is 0.128. The number of nitrogens with zero attached hydrogens (tertiary/aromatic N) is 4. The van der Waals surface area contributed by atoms with Crippen LogP contribution in [0.5, 0.6) is 17.2 Å². The molecule has 1 atom stereocenters. The Morgan fingerprint density at radius 2 is 1.94 bits per heavy atom. The molecule has 178 valence electrons. The summed E-state index contributed by atoms with van der Waals surface area (Å²) in [6.07, 6.45) is 2.07. The van der Waals surface area contributed by atoms with Crippen LogP contribution in [0.15, 0.2) is 30.3 Å². The maximum atomic E-state index is 14.6. The molecule has 4 aromatic rings. The number of benzene rings is 2. The van der Waals surface area contributed by atoms with Gasteiger partial charge in [-0.05, 0) is 37.6 Å².